The molecule has 0 aliphatic carbocycles. The Balaban J connectivity index is 1.80. The maximum Gasteiger partial charge on any atom is 0.255 e. The van der Waals surface area contributed by atoms with Crippen molar-refractivity contribution in [2.24, 2.45) is 0 Å². The summed E-state index contributed by atoms with van der Waals surface area (Å²) in [6.07, 6.45) is 0. The zero-order valence-electron chi connectivity index (χ0n) is 10.8. The molecule has 1 heterocycles. The quantitative estimate of drug-likeness (QED) is 0.791. The lowest BCUT2D eigenvalue weighted by Gasteiger charge is -2.06. The van der Waals surface area contributed by atoms with Crippen molar-refractivity contribution in [1.82, 2.24) is 9.59 Å². The molecule has 0 atom stereocenters. The van der Waals surface area contributed by atoms with Gasteiger partial charge >= 0.3 is 0 Å². The molecule has 0 fully saturated rings. The van der Waals surface area contributed by atoms with Crippen LogP contribution in [0.25, 0.3) is 11.3 Å². The maximum absolute atomic E-state index is 12.1. The minimum absolute atomic E-state index is 0.180. The fourth-order valence-corrected chi connectivity index (χ4v) is 2.44. The zero-order valence-corrected chi connectivity index (χ0v) is 12.4. The molecule has 0 spiro atoms. The van der Waals surface area contributed by atoms with Crippen molar-refractivity contribution in [2.45, 2.75) is 0 Å². The summed E-state index contributed by atoms with van der Waals surface area (Å²) in [5, 5.41) is 9.33. The highest BCUT2D eigenvalue weighted by molar-refractivity contribution is 7.03. The number of nitrogens with zero attached hydrogens (tertiary/aromatic N) is 2. The van der Waals surface area contributed by atoms with Crippen LogP contribution in [0.1, 0.15) is 10.4 Å². The van der Waals surface area contributed by atoms with Crippen LogP contribution in [-0.2, 0) is 0 Å². The van der Waals surface area contributed by atoms with Crippen molar-refractivity contribution in [2.75, 3.05) is 5.32 Å². The van der Waals surface area contributed by atoms with Gasteiger partial charge in [-0.3, -0.25) is 4.79 Å². The van der Waals surface area contributed by atoms with Crippen molar-refractivity contribution in [3.63, 3.8) is 0 Å². The van der Waals surface area contributed by atoms with E-state index in [0.29, 0.717) is 16.3 Å². The Morgan fingerprint density at radius 2 is 1.95 bits per heavy atom. The van der Waals surface area contributed by atoms with E-state index in [-0.39, 0.29) is 5.91 Å². The van der Waals surface area contributed by atoms with Gasteiger partial charge in [-0.1, -0.05) is 28.2 Å². The number of anilines is 1. The van der Waals surface area contributed by atoms with E-state index >= 15 is 0 Å². The summed E-state index contributed by atoms with van der Waals surface area (Å²) in [4.78, 5) is 12.1. The van der Waals surface area contributed by atoms with Gasteiger partial charge in [0.2, 0.25) is 0 Å². The smallest absolute Gasteiger partial charge is 0.255 e. The predicted octanol–water partition coefficient (Wildman–Crippen LogP) is 4.11. The Kier molecular flexibility index (Phi) is 3.94. The summed E-state index contributed by atoms with van der Waals surface area (Å²) in [7, 11) is 0. The van der Waals surface area contributed by atoms with Crippen LogP contribution in [0.3, 0.4) is 0 Å². The largest absolute Gasteiger partial charge is 0.322 e. The molecular formula is C15H10ClN3OS. The van der Waals surface area contributed by atoms with E-state index in [4.69, 9.17) is 11.6 Å². The van der Waals surface area contributed by atoms with E-state index < -0.39 is 0 Å². The second-order valence-electron chi connectivity index (χ2n) is 4.33. The van der Waals surface area contributed by atoms with Crippen LogP contribution >= 0.6 is 23.1 Å². The number of nitrogens with one attached hydrogen (secondary N) is 1. The van der Waals surface area contributed by atoms with E-state index in [2.05, 4.69) is 14.9 Å². The molecular weight excluding hydrogens is 306 g/mol. The summed E-state index contributed by atoms with van der Waals surface area (Å²) >= 11 is 7.10. The topological polar surface area (TPSA) is 54.9 Å². The molecule has 0 radical (unpaired) electrons. The number of hydrogen-bond donors (Lipinski definition) is 1. The average molecular weight is 316 g/mol. The van der Waals surface area contributed by atoms with Crippen LogP contribution in [0.15, 0.2) is 53.9 Å². The van der Waals surface area contributed by atoms with Crippen molar-refractivity contribution >= 4 is 34.7 Å². The molecule has 2 aromatic carbocycles. The molecule has 0 unspecified atom stereocenters. The van der Waals surface area contributed by atoms with Crippen molar-refractivity contribution < 1.29 is 4.79 Å². The Bertz CT molecular complexity index is 757. The van der Waals surface area contributed by atoms with Gasteiger partial charge in [0.25, 0.3) is 5.91 Å². The molecule has 3 rings (SSSR count). The Hall–Kier alpha value is -2.24. The SMILES string of the molecule is O=C(Nc1cccc(-c2csnn2)c1)c1ccc(Cl)cc1. The average Bonchev–Trinajstić information content (AvgIpc) is 3.02. The van der Waals surface area contributed by atoms with Gasteiger partial charge in [0.1, 0.15) is 5.69 Å². The van der Waals surface area contributed by atoms with E-state index in [9.17, 15) is 4.79 Å². The highest BCUT2D eigenvalue weighted by Gasteiger charge is 2.07. The minimum Gasteiger partial charge on any atom is -0.322 e. The Labute approximate surface area is 130 Å². The number of halogens is 1. The molecule has 21 heavy (non-hydrogen) atoms. The zero-order chi connectivity index (χ0) is 14.7. The van der Waals surface area contributed by atoms with E-state index in [1.807, 2.05) is 29.6 Å². The Morgan fingerprint density at radius 3 is 2.67 bits per heavy atom. The predicted molar refractivity (Wildman–Crippen MR) is 84.8 cm³/mol. The number of benzene rings is 2. The summed E-state index contributed by atoms with van der Waals surface area (Å²) < 4.78 is 3.84. The highest BCUT2D eigenvalue weighted by Crippen LogP contribution is 2.22. The van der Waals surface area contributed by atoms with Crippen molar-refractivity contribution in [3.8, 4) is 11.3 Å². The molecule has 1 amide bonds. The van der Waals surface area contributed by atoms with Crippen LogP contribution in [0.4, 0.5) is 5.69 Å². The number of carbonyl (C=O) groups excluding carboxylic acids is 1. The molecule has 0 saturated heterocycles. The van der Waals surface area contributed by atoms with Gasteiger partial charge < -0.3 is 5.32 Å². The number of amides is 1. The Morgan fingerprint density at radius 1 is 1.14 bits per heavy atom. The molecule has 6 heteroatoms. The number of rotatable bonds is 3. The molecule has 104 valence electrons. The molecule has 0 saturated carbocycles. The third-order valence-electron chi connectivity index (χ3n) is 2.88. The third-order valence-corrected chi connectivity index (χ3v) is 3.64. The second kappa shape index (κ2) is 6.03. The molecule has 0 aliphatic heterocycles. The van der Waals surface area contributed by atoms with Gasteiger partial charge in [0.15, 0.2) is 0 Å². The first kappa shape index (κ1) is 13.7. The number of aromatic nitrogens is 2. The lowest BCUT2D eigenvalue weighted by Crippen LogP contribution is -2.11. The van der Waals surface area contributed by atoms with Gasteiger partial charge in [0.05, 0.1) is 0 Å². The van der Waals surface area contributed by atoms with Crippen molar-refractivity contribution in [1.29, 1.82) is 0 Å². The maximum atomic E-state index is 12.1. The molecule has 1 N–H and O–H groups in total. The van der Waals surface area contributed by atoms with E-state index in [1.54, 1.807) is 24.3 Å². The van der Waals surface area contributed by atoms with Crippen LogP contribution in [0.2, 0.25) is 5.02 Å². The van der Waals surface area contributed by atoms with Crippen LogP contribution in [0.5, 0.6) is 0 Å². The van der Waals surface area contributed by atoms with Crippen molar-refractivity contribution in [3.05, 3.63) is 64.5 Å². The van der Waals surface area contributed by atoms with Gasteiger partial charge in [-0.2, -0.15) is 0 Å². The molecule has 4 nitrogen and oxygen atoms in total. The van der Waals surface area contributed by atoms with Gasteiger partial charge in [-0.25, -0.2) is 0 Å². The van der Waals surface area contributed by atoms with Gasteiger partial charge in [-0.05, 0) is 47.9 Å². The van der Waals surface area contributed by atoms with Gasteiger partial charge in [0, 0.05) is 27.2 Å². The fraction of sp³-hybridized carbons (Fsp3) is 0. The lowest BCUT2D eigenvalue weighted by molar-refractivity contribution is 0.102. The first-order valence-corrected chi connectivity index (χ1v) is 7.38. The molecule has 1 aromatic heterocycles. The number of hydrogen-bond acceptors (Lipinski definition) is 4. The van der Waals surface area contributed by atoms with E-state index in [1.165, 1.54) is 11.5 Å². The summed E-state index contributed by atoms with van der Waals surface area (Å²) in [6.45, 7) is 0. The second-order valence-corrected chi connectivity index (χ2v) is 5.38. The van der Waals surface area contributed by atoms with Crippen LogP contribution in [0, 0.1) is 0 Å². The van der Waals surface area contributed by atoms with E-state index in [0.717, 1.165) is 11.3 Å². The van der Waals surface area contributed by atoms with Crippen LogP contribution < -0.4 is 5.32 Å². The molecule has 0 aliphatic rings. The molecule has 0 bridgehead atoms. The third kappa shape index (κ3) is 3.26. The monoisotopic (exact) mass is 315 g/mol. The number of carbonyl (C=O) groups is 1. The first-order chi connectivity index (χ1) is 10.2. The minimum atomic E-state index is -0.180. The summed E-state index contributed by atoms with van der Waals surface area (Å²) in [6, 6.07) is 14.2. The van der Waals surface area contributed by atoms with Gasteiger partial charge in [-0.15, -0.1) is 5.10 Å². The van der Waals surface area contributed by atoms with Crippen LogP contribution in [-0.4, -0.2) is 15.5 Å². The lowest BCUT2D eigenvalue weighted by atomic mass is 10.1. The normalized spacial score (nSPS) is 10.3. The highest BCUT2D eigenvalue weighted by atomic mass is 35.5. The first-order valence-electron chi connectivity index (χ1n) is 6.17. The fourth-order valence-electron chi connectivity index (χ4n) is 1.85. The molecule has 3 aromatic rings. The summed E-state index contributed by atoms with van der Waals surface area (Å²) in [5.41, 5.74) is 2.97. The standard InChI is InChI=1S/C15H10ClN3OS/c16-12-6-4-10(5-7-12)15(20)17-13-3-1-2-11(8-13)14-9-21-19-18-14/h1-9H,(H,17,20). The summed E-state index contributed by atoms with van der Waals surface area (Å²) in [5.74, 6) is -0.180.